The highest BCUT2D eigenvalue weighted by Crippen LogP contribution is 1.92. The Balaban J connectivity index is 2.09. The summed E-state index contributed by atoms with van der Waals surface area (Å²) in [5, 5.41) is 2.88. The Morgan fingerprint density at radius 3 is 2.60 bits per heavy atom. The predicted octanol–water partition coefficient (Wildman–Crippen LogP) is 0.556. The van der Waals surface area contributed by atoms with Gasteiger partial charge in [-0.1, -0.05) is 0 Å². The van der Waals surface area contributed by atoms with Crippen LogP contribution in [0.1, 0.15) is 6.42 Å². The molecule has 0 fully saturated rings. The second-order valence-electron chi connectivity index (χ2n) is 3.82. The van der Waals surface area contributed by atoms with E-state index in [4.69, 9.17) is 0 Å². The van der Waals surface area contributed by atoms with E-state index >= 15 is 0 Å². The van der Waals surface area contributed by atoms with Crippen molar-refractivity contribution in [2.45, 2.75) is 13.0 Å². The molecule has 0 saturated carbocycles. The lowest BCUT2D eigenvalue weighted by atomic mass is 10.4. The highest BCUT2D eigenvalue weighted by atomic mass is 16.1. The molecule has 84 valence electrons. The van der Waals surface area contributed by atoms with Crippen LogP contribution in [0.4, 0.5) is 0 Å². The number of aromatic nitrogens is 1. The van der Waals surface area contributed by atoms with Gasteiger partial charge >= 0.3 is 0 Å². The molecule has 1 heterocycles. The largest absolute Gasteiger partial charge is 0.355 e. The molecule has 1 N–H and O–H groups in total. The van der Waals surface area contributed by atoms with Gasteiger partial charge in [-0.2, -0.15) is 0 Å². The van der Waals surface area contributed by atoms with E-state index in [0.29, 0.717) is 6.42 Å². The molecule has 4 nitrogen and oxygen atoms in total. The molecule has 0 atom stereocenters. The van der Waals surface area contributed by atoms with E-state index in [9.17, 15) is 4.79 Å². The Kier molecular flexibility index (Phi) is 4.90. The summed E-state index contributed by atoms with van der Waals surface area (Å²) >= 11 is 0. The van der Waals surface area contributed by atoms with Gasteiger partial charge in [0.25, 0.3) is 0 Å². The van der Waals surface area contributed by atoms with Gasteiger partial charge in [0.05, 0.1) is 0 Å². The first-order valence-electron chi connectivity index (χ1n) is 5.20. The van der Waals surface area contributed by atoms with E-state index in [2.05, 4.69) is 5.32 Å². The molecule has 15 heavy (non-hydrogen) atoms. The lowest BCUT2D eigenvalue weighted by Gasteiger charge is -2.10. The molecule has 0 radical (unpaired) electrons. The number of nitrogens with one attached hydrogen (secondary N) is 1. The summed E-state index contributed by atoms with van der Waals surface area (Å²) in [6.45, 7) is 2.35. The number of amides is 1. The summed E-state index contributed by atoms with van der Waals surface area (Å²) < 4.78 is 2.01. The van der Waals surface area contributed by atoms with Gasteiger partial charge in [0.15, 0.2) is 0 Å². The maximum Gasteiger partial charge on any atom is 0.221 e. The van der Waals surface area contributed by atoms with Crippen molar-refractivity contribution in [1.82, 2.24) is 14.8 Å². The summed E-state index contributed by atoms with van der Waals surface area (Å²) in [4.78, 5) is 13.4. The summed E-state index contributed by atoms with van der Waals surface area (Å²) in [5.41, 5.74) is 0. The van der Waals surface area contributed by atoms with E-state index in [1.165, 1.54) is 0 Å². The number of nitrogens with zero attached hydrogens (tertiary/aromatic N) is 2. The summed E-state index contributed by atoms with van der Waals surface area (Å²) in [6, 6.07) is 3.92. The van der Waals surface area contributed by atoms with Crippen LogP contribution in [0.3, 0.4) is 0 Å². The molecule has 1 aromatic heterocycles. The SMILES string of the molecule is CN(C)CCNC(=O)CCn1cccc1. The van der Waals surface area contributed by atoms with Crippen LogP contribution in [0, 0.1) is 0 Å². The van der Waals surface area contributed by atoms with Crippen molar-refractivity contribution in [2.75, 3.05) is 27.2 Å². The molecule has 0 aliphatic heterocycles. The number of rotatable bonds is 6. The normalized spacial score (nSPS) is 10.6. The Bertz CT molecular complexity index is 280. The highest BCUT2D eigenvalue weighted by Gasteiger charge is 2.00. The number of aryl methyl sites for hydroxylation is 1. The number of likely N-dealkylation sites (N-methyl/N-ethyl adjacent to an activating group) is 1. The average molecular weight is 209 g/mol. The van der Waals surface area contributed by atoms with Gasteiger partial charge in [0.1, 0.15) is 0 Å². The highest BCUT2D eigenvalue weighted by molar-refractivity contribution is 5.75. The minimum atomic E-state index is 0.116. The molecule has 0 aromatic carbocycles. The fourth-order valence-electron chi connectivity index (χ4n) is 1.26. The van der Waals surface area contributed by atoms with Crippen LogP contribution in [-0.2, 0) is 11.3 Å². The molecule has 0 aliphatic carbocycles. The molecule has 0 bridgehead atoms. The van der Waals surface area contributed by atoms with E-state index in [1.54, 1.807) is 0 Å². The standard InChI is InChI=1S/C11H19N3O/c1-13(2)10-6-12-11(15)5-9-14-7-3-4-8-14/h3-4,7-8H,5-6,9-10H2,1-2H3,(H,12,15). The monoisotopic (exact) mass is 209 g/mol. The zero-order chi connectivity index (χ0) is 11.1. The zero-order valence-corrected chi connectivity index (χ0v) is 9.44. The van der Waals surface area contributed by atoms with Crippen molar-refractivity contribution in [3.05, 3.63) is 24.5 Å². The zero-order valence-electron chi connectivity index (χ0n) is 9.44. The third-order valence-corrected chi connectivity index (χ3v) is 2.14. The molecular weight excluding hydrogens is 190 g/mol. The lowest BCUT2D eigenvalue weighted by Crippen LogP contribution is -2.31. The van der Waals surface area contributed by atoms with E-state index < -0.39 is 0 Å². The summed E-state index contributed by atoms with van der Waals surface area (Å²) in [7, 11) is 3.98. The Labute approximate surface area is 90.9 Å². The fraction of sp³-hybridized carbons (Fsp3) is 0.545. The summed E-state index contributed by atoms with van der Waals surface area (Å²) in [5.74, 6) is 0.116. The minimum absolute atomic E-state index is 0.116. The minimum Gasteiger partial charge on any atom is -0.355 e. The van der Waals surface area contributed by atoms with Crippen molar-refractivity contribution in [2.24, 2.45) is 0 Å². The number of carbonyl (C=O) groups excluding carboxylic acids is 1. The summed E-state index contributed by atoms with van der Waals surface area (Å²) in [6.07, 6.45) is 4.47. The van der Waals surface area contributed by atoms with Gasteiger partial charge in [-0.3, -0.25) is 4.79 Å². The van der Waals surface area contributed by atoms with Crippen LogP contribution in [-0.4, -0.2) is 42.6 Å². The van der Waals surface area contributed by atoms with Gasteiger partial charge in [-0.05, 0) is 26.2 Å². The number of hydrogen-bond donors (Lipinski definition) is 1. The second kappa shape index (κ2) is 6.24. The first-order chi connectivity index (χ1) is 7.18. The molecule has 0 unspecified atom stereocenters. The van der Waals surface area contributed by atoms with Crippen molar-refractivity contribution in [3.8, 4) is 0 Å². The van der Waals surface area contributed by atoms with E-state index in [1.807, 2.05) is 48.1 Å². The molecule has 1 aromatic rings. The van der Waals surface area contributed by atoms with Crippen molar-refractivity contribution in [1.29, 1.82) is 0 Å². The van der Waals surface area contributed by atoms with Crippen molar-refractivity contribution < 1.29 is 4.79 Å². The Morgan fingerprint density at radius 2 is 2.00 bits per heavy atom. The van der Waals surface area contributed by atoms with E-state index in [-0.39, 0.29) is 5.91 Å². The molecular formula is C11H19N3O. The van der Waals surface area contributed by atoms with Crippen molar-refractivity contribution in [3.63, 3.8) is 0 Å². The third-order valence-electron chi connectivity index (χ3n) is 2.14. The molecule has 4 heteroatoms. The molecule has 0 saturated heterocycles. The number of carbonyl (C=O) groups is 1. The topological polar surface area (TPSA) is 37.3 Å². The second-order valence-corrected chi connectivity index (χ2v) is 3.82. The van der Waals surface area contributed by atoms with Crippen LogP contribution < -0.4 is 5.32 Å². The van der Waals surface area contributed by atoms with Gasteiger partial charge in [-0.25, -0.2) is 0 Å². The molecule has 0 aliphatic rings. The Hall–Kier alpha value is -1.29. The maximum absolute atomic E-state index is 11.4. The van der Waals surface area contributed by atoms with Crippen LogP contribution in [0.25, 0.3) is 0 Å². The van der Waals surface area contributed by atoms with Gasteiger partial charge < -0.3 is 14.8 Å². The predicted molar refractivity (Wildman–Crippen MR) is 60.6 cm³/mol. The average Bonchev–Trinajstić information content (AvgIpc) is 2.66. The van der Waals surface area contributed by atoms with Gasteiger partial charge in [0.2, 0.25) is 5.91 Å². The smallest absolute Gasteiger partial charge is 0.221 e. The van der Waals surface area contributed by atoms with Gasteiger partial charge in [0, 0.05) is 38.4 Å². The first-order valence-corrected chi connectivity index (χ1v) is 5.20. The van der Waals surface area contributed by atoms with Crippen molar-refractivity contribution >= 4 is 5.91 Å². The van der Waals surface area contributed by atoms with E-state index in [0.717, 1.165) is 19.6 Å². The van der Waals surface area contributed by atoms with Gasteiger partial charge in [-0.15, -0.1) is 0 Å². The lowest BCUT2D eigenvalue weighted by molar-refractivity contribution is -0.121. The van der Waals surface area contributed by atoms with Crippen LogP contribution in [0.2, 0.25) is 0 Å². The Morgan fingerprint density at radius 1 is 1.33 bits per heavy atom. The number of hydrogen-bond acceptors (Lipinski definition) is 2. The third kappa shape index (κ3) is 5.22. The first kappa shape index (κ1) is 11.8. The van der Waals surface area contributed by atoms with Crippen LogP contribution >= 0.6 is 0 Å². The fourth-order valence-corrected chi connectivity index (χ4v) is 1.26. The molecule has 1 rings (SSSR count). The van der Waals surface area contributed by atoms with Crippen LogP contribution in [0.15, 0.2) is 24.5 Å². The molecule has 1 amide bonds. The quantitative estimate of drug-likeness (QED) is 0.743. The molecule has 0 spiro atoms. The van der Waals surface area contributed by atoms with Crippen LogP contribution in [0.5, 0.6) is 0 Å². The maximum atomic E-state index is 11.4.